The van der Waals surface area contributed by atoms with Crippen molar-refractivity contribution in [3.8, 4) is 17.2 Å². The molecule has 0 bridgehead atoms. The molecular weight excluding hydrogens is 562 g/mol. The van der Waals surface area contributed by atoms with Crippen LogP contribution in [0.1, 0.15) is 42.4 Å². The lowest BCUT2D eigenvalue weighted by Crippen LogP contribution is -2.36. The highest BCUT2D eigenvalue weighted by Crippen LogP contribution is 2.32. The van der Waals surface area contributed by atoms with E-state index in [9.17, 15) is 4.79 Å². The number of nitrogens with zero attached hydrogens (tertiary/aromatic N) is 2. The summed E-state index contributed by atoms with van der Waals surface area (Å²) < 4.78 is 16.6. The van der Waals surface area contributed by atoms with Crippen molar-refractivity contribution in [3.63, 3.8) is 0 Å². The Kier molecular flexibility index (Phi) is 10.5. The third kappa shape index (κ3) is 7.73. The van der Waals surface area contributed by atoms with Crippen LogP contribution in [0.25, 0.3) is 10.9 Å². The maximum Gasteiger partial charge on any atom is 0.234 e. The van der Waals surface area contributed by atoms with Gasteiger partial charge in [-0.2, -0.15) is 0 Å². The molecule has 0 aliphatic heterocycles. The van der Waals surface area contributed by atoms with Gasteiger partial charge in [0.2, 0.25) is 5.91 Å². The molecule has 1 heterocycles. The van der Waals surface area contributed by atoms with Crippen molar-refractivity contribution in [2.24, 2.45) is 0 Å². The average Bonchev–Trinajstić information content (AvgIpc) is 3.08. The number of carbonyl (C=O) groups is 1. The fraction of sp³-hybridized carbons (Fsp3) is 0.263. The first-order chi connectivity index (χ1) is 22.0. The number of hydrogen-bond donors (Lipinski definition) is 1. The number of fused-ring (bicyclic) bond motifs is 1. The van der Waals surface area contributed by atoms with Crippen molar-refractivity contribution in [2.75, 3.05) is 33.2 Å². The third-order valence-electron chi connectivity index (χ3n) is 8.03. The number of ether oxygens (including phenoxy) is 3. The quantitative estimate of drug-likeness (QED) is 0.140. The van der Waals surface area contributed by atoms with Crippen LogP contribution in [0.15, 0.2) is 109 Å². The minimum absolute atomic E-state index is 0.0609. The second kappa shape index (κ2) is 15.1. The molecule has 0 aliphatic rings. The summed E-state index contributed by atoms with van der Waals surface area (Å²) in [6.07, 6.45) is 3.46. The van der Waals surface area contributed by atoms with Gasteiger partial charge in [-0.15, -0.1) is 0 Å². The van der Waals surface area contributed by atoms with Gasteiger partial charge >= 0.3 is 0 Å². The Morgan fingerprint density at radius 3 is 2.13 bits per heavy atom. The molecule has 0 saturated heterocycles. The smallest absolute Gasteiger partial charge is 0.234 e. The number of carbonyl (C=O) groups excluding carboxylic acids is 1. The van der Waals surface area contributed by atoms with Gasteiger partial charge in [0.05, 0.1) is 38.5 Å². The number of aromatic nitrogens is 1. The molecule has 7 nitrogen and oxygen atoms in total. The van der Waals surface area contributed by atoms with Crippen LogP contribution < -0.4 is 19.5 Å². The van der Waals surface area contributed by atoms with Crippen molar-refractivity contribution in [1.82, 2.24) is 9.88 Å². The number of benzene rings is 4. The largest absolute Gasteiger partial charge is 0.497 e. The fourth-order valence-corrected chi connectivity index (χ4v) is 5.74. The Morgan fingerprint density at radius 2 is 1.49 bits per heavy atom. The van der Waals surface area contributed by atoms with E-state index in [-0.39, 0.29) is 11.9 Å². The maximum absolute atomic E-state index is 14.5. The van der Waals surface area contributed by atoms with Gasteiger partial charge in [-0.05, 0) is 60.7 Å². The van der Waals surface area contributed by atoms with Crippen molar-refractivity contribution >= 4 is 22.5 Å². The van der Waals surface area contributed by atoms with E-state index in [1.165, 1.54) is 0 Å². The first kappa shape index (κ1) is 31.4. The molecule has 1 unspecified atom stereocenters. The van der Waals surface area contributed by atoms with Crippen LogP contribution in [0, 0.1) is 0 Å². The number of amides is 1. The van der Waals surface area contributed by atoms with E-state index in [2.05, 4.69) is 17.2 Å². The highest BCUT2D eigenvalue weighted by atomic mass is 16.5. The molecule has 232 valence electrons. The zero-order valence-corrected chi connectivity index (χ0v) is 26.4. The number of pyridine rings is 1. The fourth-order valence-electron chi connectivity index (χ4n) is 5.74. The van der Waals surface area contributed by atoms with Crippen LogP contribution >= 0.6 is 0 Å². The van der Waals surface area contributed by atoms with E-state index in [1.807, 2.05) is 108 Å². The lowest BCUT2D eigenvalue weighted by molar-refractivity contribution is -0.132. The molecule has 0 saturated carbocycles. The van der Waals surface area contributed by atoms with Crippen molar-refractivity contribution < 1.29 is 19.0 Å². The van der Waals surface area contributed by atoms with Crippen molar-refractivity contribution in [1.29, 1.82) is 0 Å². The van der Waals surface area contributed by atoms with Gasteiger partial charge in [0.25, 0.3) is 0 Å². The van der Waals surface area contributed by atoms with Crippen LogP contribution in [-0.4, -0.2) is 49.7 Å². The summed E-state index contributed by atoms with van der Waals surface area (Å²) in [4.78, 5) is 21.1. The molecular formula is C38H41N3O4. The Bertz CT molecular complexity index is 1650. The molecule has 1 N–H and O–H groups in total. The molecule has 0 radical (unpaired) electrons. The van der Waals surface area contributed by atoms with E-state index < -0.39 is 5.92 Å². The first-order valence-electron chi connectivity index (χ1n) is 15.3. The number of nitrogens with one attached hydrogen (secondary N) is 1. The van der Waals surface area contributed by atoms with Gasteiger partial charge in [-0.25, -0.2) is 0 Å². The number of hydrogen-bond acceptors (Lipinski definition) is 6. The van der Waals surface area contributed by atoms with Crippen molar-refractivity contribution in [3.05, 3.63) is 126 Å². The second-order valence-corrected chi connectivity index (χ2v) is 11.1. The van der Waals surface area contributed by atoms with Crippen molar-refractivity contribution in [2.45, 2.75) is 38.3 Å². The summed E-state index contributed by atoms with van der Waals surface area (Å²) in [6, 6.07) is 33.9. The molecule has 7 heteroatoms. The predicted octanol–water partition coefficient (Wildman–Crippen LogP) is 7.70. The van der Waals surface area contributed by atoms with Crippen LogP contribution in [0.5, 0.6) is 17.2 Å². The molecule has 5 rings (SSSR count). The average molecular weight is 604 g/mol. The predicted molar refractivity (Wildman–Crippen MR) is 180 cm³/mol. The Hall–Kier alpha value is -5.04. The summed E-state index contributed by atoms with van der Waals surface area (Å²) in [5.74, 6) is 1.72. The SMILES string of the molecule is COc1cc(NC(C)CCCN(Cc2ccc(OC)c(OC)c2)C(=O)C(c2ccccc2)c2ccccc2)c2ncccc2c1. The van der Waals surface area contributed by atoms with Gasteiger partial charge < -0.3 is 24.4 Å². The van der Waals surface area contributed by atoms with E-state index in [0.29, 0.717) is 24.6 Å². The molecule has 45 heavy (non-hydrogen) atoms. The lowest BCUT2D eigenvalue weighted by atomic mass is 9.89. The topological polar surface area (TPSA) is 72.9 Å². The summed E-state index contributed by atoms with van der Waals surface area (Å²) in [7, 11) is 4.92. The van der Waals surface area contributed by atoms with Gasteiger partial charge in [0, 0.05) is 36.8 Å². The normalized spacial score (nSPS) is 11.7. The molecule has 0 spiro atoms. The van der Waals surface area contributed by atoms with Gasteiger partial charge in [0.15, 0.2) is 11.5 Å². The van der Waals surface area contributed by atoms with Crippen LogP contribution in [0.4, 0.5) is 5.69 Å². The second-order valence-electron chi connectivity index (χ2n) is 11.1. The zero-order chi connectivity index (χ0) is 31.6. The van der Waals surface area contributed by atoms with E-state index in [0.717, 1.165) is 51.9 Å². The highest BCUT2D eigenvalue weighted by molar-refractivity contribution is 5.92. The van der Waals surface area contributed by atoms with Crippen LogP contribution in [-0.2, 0) is 11.3 Å². The van der Waals surface area contributed by atoms with E-state index in [1.54, 1.807) is 27.5 Å². The molecule has 1 atom stereocenters. The van der Waals surface area contributed by atoms with Gasteiger partial charge in [0.1, 0.15) is 5.75 Å². The molecule has 4 aromatic carbocycles. The highest BCUT2D eigenvalue weighted by Gasteiger charge is 2.28. The Balaban J connectivity index is 1.38. The van der Waals surface area contributed by atoms with E-state index in [4.69, 9.17) is 14.2 Å². The summed E-state index contributed by atoms with van der Waals surface area (Å²) in [5.41, 5.74) is 4.76. The summed E-state index contributed by atoms with van der Waals surface area (Å²) in [5, 5.41) is 4.66. The number of methoxy groups -OCH3 is 3. The molecule has 0 fully saturated rings. The van der Waals surface area contributed by atoms with E-state index >= 15 is 0 Å². The first-order valence-corrected chi connectivity index (χ1v) is 15.3. The Morgan fingerprint density at radius 1 is 0.800 bits per heavy atom. The third-order valence-corrected chi connectivity index (χ3v) is 8.03. The maximum atomic E-state index is 14.5. The summed E-state index contributed by atoms with van der Waals surface area (Å²) in [6.45, 7) is 3.19. The monoisotopic (exact) mass is 603 g/mol. The Labute approximate surface area is 265 Å². The number of rotatable bonds is 14. The molecule has 1 amide bonds. The van der Waals surface area contributed by atoms with Gasteiger partial charge in [-0.3, -0.25) is 9.78 Å². The molecule has 1 aromatic heterocycles. The summed E-state index contributed by atoms with van der Waals surface area (Å²) >= 11 is 0. The van der Waals surface area contributed by atoms with Crippen LogP contribution in [0.3, 0.4) is 0 Å². The minimum Gasteiger partial charge on any atom is -0.497 e. The number of anilines is 1. The lowest BCUT2D eigenvalue weighted by Gasteiger charge is -2.29. The minimum atomic E-state index is -0.419. The molecule has 0 aliphatic carbocycles. The molecule has 5 aromatic rings. The van der Waals surface area contributed by atoms with Crippen LogP contribution in [0.2, 0.25) is 0 Å². The van der Waals surface area contributed by atoms with Gasteiger partial charge in [-0.1, -0.05) is 72.8 Å². The zero-order valence-electron chi connectivity index (χ0n) is 26.4. The standard InChI is InChI=1S/C38H41N3O4/c1-27(40-33-25-32(43-2)24-31-18-11-21-39-37(31)33)13-12-22-41(26-28-19-20-34(44-3)35(23-28)45-4)38(42)36(29-14-7-5-8-15-29)30-16-9-6-10-17-30/h5-11,14-21,23-25,27,36,40H,12-13,22,26H2,1-4H3.